The number of aryl methyl sites for hydroxylation is 1. The molecule has 0 aliphatic carbocycles. The van der Waals surface area contributed by atoms with Gasteiger partial charge in [-0.25, -0.2) is 0 Å². The van der Waals surface area contributed by atoms with E-state index in [4.69, 9.17) is 0 Å². The van der Waals surface area contributed by atoms with Crippen molar-refractivity contribution in [2.45, 2.75) is 110 Å². The van der Waals surface area contributed by atoms with Crippen LogP contribution in [0.5, 0.6) is 5.75 Å². The third-order valence-corrected chi connectivity index (χ3v) is 9.79. The van der Waals surface area contributed by atoms with Gasteiger partial charge >= 0.3 is 162 Å². The van der Waals surface area contributed by atoms with Crippen LogP contribution in [0.25, 0.3) is 0 Å². The predicted octanol–water partition coefficient (Wildman–Crippen LogP) is 7.29. The fourth-order valence-corrected chi connectivity index (χ4v) is 7.51. The van der Waals surface area contributed by atoms with Gasteiger partial charge in [0.05, 0.1) is 0 Å². The fourth-order valence-electron chi connectivity index (χ4n) is 4.55. The van der Waals surface area contributed by atoms with Crippen molar-refractivity contribution < 1.29 is 5.11 Å². The van der Waals surface area contributed by atoms with Crippen molar-refractivity contribution in [3.05, 3.63) is 23.8 Å². The van der Waals surface area contributed by atoms with Gasteiger partial charge in [-0.05, 0) is 5.92 Å². The standard InChI is InChI=1S/C26H44OSe/c1-20(2)9-6-10-21(3)11-7-12-22(4)13-8-17-26(5)18-16-23-19-24(27)14-15-25(23)28-26/h14-15,19-22,27H,6-13,16-18H2,1-5H3. The SMILES string of the molecule is CC(C)CCCC(C)CCCC(C)CCCC1(C)CCc2cc(O)ccc2[Se]1. The van der Waals surface area contributed by atoms with Crippen molar-refractivity contribution in [2.24, 2.45) is 17.8 Å². The Balaban J connectivity index is 1.60. The summed E-state index contributed by atoms with van der Waals surface area (Å²) in [5.74, 6) is 3.09. The monoisotopic (exact) mass is 452 g/mol. The van der Waals surface area contributed by atoms with Crippen LogP contribution >= 0.6 is 0 Å². The molecule has 2 rings (SSSR count). The molecule has 0 aromatic heterocycles. The Labute approximate surface area is 181 Å². The third-order valence-electron chi connectivity index (χ3n) is 6.60. The maximum atomic E-state index is 9.70. The summed E-state index contributed by atoms with van der Waals surface area (Å²) < 4.78 is 2.04. The number of phenolic OH excluding ortho intramolecular Hbond substituents is 1. The Bertz CT molecular complexity index is 582. The first-order valence-corrected chi connectivity index (χ1v) is 13.5. The molecule has 1 aromatic rings. The summed E-state index contributed by atoms with van der Waals surface area (Å²) in [6, 6.07) is 6.04. The van der Waals surface area contributed by atoms with Gasteiger partial charge in [0.2, 0.25) is 0 Å². The predicted molar refractivity (Wildman–Crippen MR) is 125 cm³/mol. The van der Waals surface area contributed by atoms with Gasteiger partial charge < -0.3 is 0 Å². The molecule has 0 spiro atoms. The number of hydrogen-bond donors (Lipinski definition) is 1. The molecule has 0 radical (unpaired) electrons. The van der Waals surface area contributed by atoms with Gasteiger partial charge in [-0.15, -0.1) is 0 Å². The molecule has 160 valence electrons. The Morgan fingerprint density at radius 1 is 0.929 bits per heavy atom. The van der Waals surface area contributed by atoms with Crippen molar-refractivity contribution >= 4 is 19.4 Å². The van der Waals surface area contributed by atoms with Crippen LogP contribution in [0.2, 0.25) is 4.31 Å². The first-order valence-electron chi connectivity index (χ1n) is 11.8. The molecule has 1 N–H and O–H groups in total. The molecule has 2 heteroatoms. The van der Waals surface area contributed by atoms with Gasteiger partial charge in [0.25, 0.3) is 0 Å². The van der Waals surface area contributed by atoms with E-state index in [1.807, 2.05) is 12.1 Å². The van der Waals surface area contributed by atoms with Crippen LogP contribution in [0.4, 0.5) is 0 Å². The zero-order valence-electron chi connectivity index (χ0n) is 19.1. The van der Waals surface area contributed by atoms with E-state index < -0.39 is 0 Å². The van der Waals surface area contributed by atoms with Crippen molar-refractivity contribution in [2.75, 3.05) is 0 Å². The second-order valence-electron chi connectivity index (χ2n) is 10.2. The van der Waals surface area contributed by atoms with Crippen molar-refractivity contribution in [1.29, 1.82) is 0 Å². The van der Waals surface area contributed by atoms with Gasteiger partial charge in [-0.2, -0.15) is 0 Å². The zero-order valence-corrected chi connectivity index (χ0v) is 20.8. The molecule has 1 nitrogen and oxygen atoms in total. The summed E-state index contributed by atoms with van der Waals surface area (Å²) in [7, 11) is 0. The number of aromatic hydroxyl groups is 1. The molecule has 1 aliphatic heterocycles. The van der Waals surface area contributed by atoms with Crippen LogP contribution in [0.15, 0.2) is 18.2 Å². The number of hydrogen-bond acceptors (Lipinski definition) is 1. The van der Waals surface area contributed by atoms with E-state index in [1.165, 1.54) is 74.2 Å². The summed E-state index contributed by atoms with van der Waals surface area (Å²) >= 11 is 0.545. The maximum absolute atomic E-state index is 9.70. The van der Waals surface area contributed by atoms with Crippen LogP contribution in [-0.2, 0) is 6.42 Å². The van der Waals surface area contributed by atoms with E-state index in [2.05, 4.69) is 40.7 Å². The van der Waals surface area contributed by atoms with E-state index in [1.54, 1.807) is 0 Å². The van der Waals surface area contributed by atoms with Crippen LogP contribution in [0.3, 0.4) is 0 Å². The molecular formula is C26H44OSe. The number of fused-ring (bicyclic) bond motifs is 1. The molecule has 0 bridgehead atoms. The van der Waals surface area contributed by atoms with Crippen LogP contribution in [0, 0.1) is 17.8 Å². The van der Waals surface area contributed by atoms with E-state index in [0.29, 0.717) is 25.0 Å². The van der Waals surface area contributed by atoms with E-state index in [9.17, 15) is 5.11 Å². The Morgan fingerprint density at radius 3 is 2.18 bits per heavy atom. The van der Waals surface area contributed by atoms with Crippen molar-refractivity contribution in [1.82, 2.24) is 0 Å². The van der Waals surface area contributed by atoms with Crippen molar-refractivity contribution in [3.8, 4) is 5.75 Å². The second-order valence-corrected chi connectivity index (χ2v) is 13.6. The first-order chi connectivity index (χ1) is 13.3. The summed E-state index contributed by atoms with van der Waals surface area (Å²) in [4.78, 5) is 0. The van der Waals surface area contributed by atoms with Crippen LogP contribution in [0.1, 0.15) is 104 Å². The molecule has 3 unspecified atom stereocenters. The van der Waals surface area contributed by atoms with Crippen molar-refractivity contribution in [3.63, 3.8) is 0 Å². The first kappa shape index (κ1) is 23.8. The van der Waals surface area contributed by atoms with E-state index in [-0.39, 0.29) is 0 Å². The van der Waals surface area contributed by atoms with Gasteiger partial charge in [-0.1, -0.05) is 13.8 Å². The molecule has 0 amide bonds. The molecule has 1 heterocycles. The number of rotatable bonds is 12. The Hall–Kier alpha value is -0.461. The average Bonchev–Trinajstić information content (AvgIpc) is 2.61. The topological polar surface area (TPSA) is 20.2 Å². The molecule has 0 saturated carbocycles. The molecular weight excluding hydrogens is 407 g/mol. The summed E-state index contributed by atoms with van der Waals surface area (Å²) in [6.45, 7) is 12.1. The Kier molecular flexibility index (Phi) is 9.91. The quantitative estimate of drug-likeness (QED) is 0.331. The number of benzene rings is 1. The summed E-state index contributed by atoms with van der Waals surface area (Å²) in [5, 5.41) is 9.70. The fraction of sp³-hybridized carbons (Fsp3) is 0.769. The molecule has 28 heavy (non-hydrogen) atoms. The van der Waals surface area contributed by atoms with E-state index in [0.717, 1.165) is 24.2 Å². The second kappa shape index (κ2) is 11.7. The molecule has 0 fully saturated rings. The van der Waals surface area contributed by atoms with Gasteiger partial charge in [0.15, 0.2) is 0 Å². The Morgan fingerprint density at radius 2 is 1.54 bits per heavy atom. The summed E-state index contributed by atoms with van der Waals surface area (Å²) in [6.07, 6.45) is 15.1. The molecule has 0 saturated heterocycles. The molecule has 3 atom stereocenters. The summed E-state index contributed by atoms with van der Waals surface area (Å²) in [5.41, 5.74) is 1.40. The molecule has 1 aromatic carbocycles. The van der Waals surface area contributed by atoms with Gasteiger partial charge in [-0.3, -0.25) is 0 Å². The van der Waals surface area contributed by atoms with Crippen LogP contribution in [-0.4, -0.2) is 20.1 Å². The molecule has 1 aliphatic rings. The minimum absolute atomic E-state index is 0.432. The normalized spacial score (nSPS) is 21.5. The van der Waals surface area contributed by atoms with Crippen LogP contribution < -0.4 is 4.46 Å². The average molecular weight is 452 g/mol. The number of phenols is 1. The minimum atomic E-state index is 0.432. The van der Waals surface area contributed by atoms with E-state index >= 15 is 0 Å². The van der Waals surface area contributed by atoms with Gasteiger partial charge in [0.1, 0.15) is 0 Å². The zero-order chi connectivity index (χ0) is 20.6. The van der Waals surface area contributed by atoms with Gasteiger partial charge in [0, 0.05) is 0 Å². The third kappa shape index (κ3) is 8.50.